The molecule has 3 aromatic heterocycles. The number of nitriles is 1. The van der Waals surface area contributed by atoms with Gasteiger partial charge in [0.25, 0.3) is 0 Å². The molecule has 3 aromatic rings. The van der Waals surface area contributed by atoms with Crippen molar-refractivity contribution in [3.05, 3.63) is 24.3 Å². The van der Waals surface area contributed by atoms with Crippen LogP contribution in [0.15, 0.2) is 18.5 Å². The molecule has 3 heterocycles. The van der Waals surface area contributed by atoms with Crippen molar-refractivity contribution in [1.82, 2.24) is 19.5 Å². The third-order valence-electron chi connectivity index (χ3n) is 4.69. The average Bonchev–Trinajstić information content (AvgIpc) is 3.18. The molecule has 0 bridgehead atoms. The molecule has 0 unspecified atom stereocenters. The number of nitrogens with zero attached hydrogens (tertiary/aromatic N) is 4. The third-order valence-corrected chi connectivity index (χ3v) is 4.69. The predicted octanol–water partition coefficient (Wildman–Crippen LogP) is 2.66. The predicted molar refractivity (Wildman–Crippen MR) is 81.9 cm³/mol. The highest BCUT2D eigenvalue weighted by atomic mass is 16.3. The number of aliphatic hydroxyl groups is 1. The summed E-state index contributed by atoms with van der Waals surface area (Å²) < 4.78 is 2.17. The summed E-state index contributed by atoms with van der Waals surface area (Å²) in [5.74, 6) is 0.850. The lowest BCUT2D eigenvalue weighted by atomic mass is 9.86. The van der Waals surface area contributed by atoms with E-state index in [0.717, 1.165) is 47.8 Å². The Morgan fingerprint density at radius 3 is 2.91 bits per heavy atom. The molecule has 0 atom stereocenters. The van der Waals surface area contributed by atoms with Gasteiger partial charge in [-0.05, 0) is 31.7 Å². The van der Waals surface area contributed by atoms with Crippen molar-refractivity contribution in [2.45, 2.75) is 38.3 Å². The van der Waals surface area contributed by atoms with Crippen LogP contribution in [0.25, 0.3) is 22.1 Å². The number of nitrogens with one attached hydrogen (secondary N) is 1. The average molecular weight is 295 g/mol. The zero-order valence-corrected chi connectivity index (χ0v) is 12.2. The second-order valence-electron chi connectivity index (χ2n) is 5.92. The molecular weight excluding hydrogens is 278 g/mol. The topological polar surface area (TPSA) is 90.5 Å². The Morgan fingerprint density at radius 2 is 2.18 bits per heavy atom. The molecule has 1 saturated carbocycles. The van der Waals surface area contributed by atoms with Gasteiger partial charge in [-0.3, -0.25) is 0 Å². The Kier molecular flexibility index (Phi) is 3.09. The number of H-pyrrole nitrogens is 1. The highest BCUT2D eigenvalue weighted by molar-refractivity contribution is 6.01. The van der Waals surface area contributed by atoms with Gasteiger partial charge in [0.05, 0.1) is 17.8 Å². The van der Waals surface area contributed by atoms with E-state index in [4.69, 9.17) is 5.26 Å². The molecule has 22 heavy (non-hydrogen) atoms. The maximum absolute atomic E-state index is 9.71. The first-order valence-electron chi connectivity index (χ1n) is 7.65. The Bertz CT molecular complexity index is 864. The van der Waals surface area contributed by atoms with E-state index in [0.29, 0.717) is 5.82 Å². The highest BCUT2D eigenvalue weighted by Gasteiger charge is 2.26. The second kappa shape index (κ2) is 5.11. The molecule has 0 radical (unpaired) electrons. The number of fused-ring (bicyclic) bond motifs is 3. The maximum atomic E-state index is 9.71. The number of hydrogen-bond donors (Lipinski definition) is 2. The standard InChI is InChI=1S/C16H17N5O/c17-7-10-1-3-11(4-2-10)21-14(9-22)20-13-8-19-16-12(15(13)21)5-6-18-16/h5-6,8,10-11,22H,1-4,9H2,(H,18,19). The van der Waals surface area contributed by atoms with E-state index in [2.05, 4.69) is 25.6 Å². The van der Waals surface area contributed by atoms with Gasteiger partial charge in [-0.1, -0.05) is 0 Å². The molecule has 0 aromatic carbocycles. The van der Waals surface area contributed by atoms with Crippen LogP contribution in [0.1, 0.15) is 37.5 Å². The molecule has 4 rings (SSSR count). The van der Waals surface area contributed by atoms with Crippen LogP contribution in [-0.2, 0) is 6.61 Å². The molecule has 2 N–H and O–H groups in total. The lowest BCUT2D eigenvalue weighted by molar-refractivity contribution is 0.248. The smallest absolute Gasteiger partial charge is 0.139 e. The van der Waals surface area contributed by atoms with E-state index in [1.165, 1.54) is 0 Å². The summed E-state index contributed by atoms with van der Waals surface area (Å²) in [4.78, 5) is 12.0. The summed E-state index contributed by atoms with van der Waals surface area (Å²) >= 11 is 0. The minimum absolute atomic E-state index is 0.0845. The molecule has 1 fully saturated rings. The largest absolute Gasteiger partial charge is 0.388 e. The van der Waals surface area contributed by atoms with Gasteiger partial charge in [-0.25, -0.2) is 9.97 Å². The number of rotatable bonds is 2. The summed E-state index contributed by atoms with van der Waals surface area (Å²) in [6, 6.07) is 4.67. The van der Waals surface area contributed by atoms with Crippen LogP contribution < -0.4 is 0 Å². The van der Waals surface area contributed by atoms with Crippen molar-refractivity contribution in [1.29, 1.82) is 5.26 Å². The van der Waals surface area contributed by atoms with Gasteiger partial charge in [0.2, 0.25) is 0 Å². The molecular formula is C16H17N5O. The highest BCUT2D eigenvalue weighted by Crippen LogP contribution is 2.36. The van der Waals surface area contributed by atoms with Gasteiger partial charge in [-0.15, -0.1) is 0 Å². The monoisotopic (exact) mass is 295 g/mol. The van der Waals surface area contributed by atoms with Gasteiger partial charge in [0.1, 0.15) is 23.6 Å². The molecule has 1 aliphatic rings. The van der Waals surface area contributed by atoms with Crippen molar-refractivity contribution >= 4 is 22.1 Å². The molecule has 112 valence electrons. The number of aromatic amines is 1. The number of imidazole rings is 1. The zero-order valence-electron chi connectivity index (χ0n) is 12.2. The normalized spacial score (nSPS) is 22.2. The second-order valence-corrected chi connectivity index (χ2v) is 5.92. The van der Waals surface area contributed by atoms with Gasteiger partial charge >= 0.3 is 0 Å². The lowest BCUT2D eigenvalue weighted by Crippen LogP contribution is -2.19. The van der Waals surface area contributed by atoms with Gasteiger partial charge < -0.3 is 14.7 Å². The maximum Gasteiger partial charge on any atom is 0.139 e. The number of aliphatic hydroxyl groups excluding tert-OH is 1. The van der Waals surface area contributed by atoms with E-state index in [-0.39, 0.29) is 18.6 Å². The molecule has 0 aliphatic heterocycles. The number of hydrogen-bond acceptors (Lipinski definition) is 4. The van der Waals surface area contributed by atoms with E-state index in [1.807, 2.05) is 12.3 Å². The Balaban J connectivity index is 1.88. The van der Waals surface area contributed by atoms with Crippen molar-refractivity contribution in [3.8, 4) is 6.07 Å². The van der Waals surface area contributed by atoms with Crippen LogP contribution in [-0.4, -0.2) is 24.6 Å². The van der Waals surface area contributed by atoms with Crippen LogP contribution in [0.3, 0.4) is 0 Å². The SMILES string of the molecule is N#CC1CCC(n2c(CO)nc3cnc4[nH]ccc4c32)CC1. The van der Waals surface area contributed by atoms with Crippen molar-refractivity contribution < 1.29 is 5.11 Å². The zero-order chi connectivity index (χ0) is 15.1. The summed E-state index contributed by atoms with van der Waals surface area (Å²) in [5.41, 5.74) is 2.69. The lowest BCUT2D eigenvalue weighted by Gasteiger charge is -2.27. The molecule has 0 spiro atoms. The fourth-order valence-electron chi connectivity index (χ4n) is 3.61. The Morgan fingerprint density at radius 1 is 1.36 bits per heavy atom. The summed E-state index contributed by atoms with van der Waals surface area (Å²) in [7, 11) is 0. The van der Waals surface area contributed by atoms with Crippen molar-refractivity contribution in [3.63, 3.8) is 0 Å². The fourth-order valence-corrected chi connectivity index (χ4v) is 3.61. The van der Waals surface area contributed by atoms with Gasteiger partial charge in [0.15, 0.2) is 0 Å². The first-order chi connectivity index (χ1) is 10.8. The molecule has 0 amide bonds. The number of pyridine rings is 1. The first-order valence-corrected chi connectivity index (χ1v) is 7.65. The molecule has 6 heteroatoms. The third kappa shape index (κ3) is 1.90. The fraction of sp³-hybridized carbons (Fsp3) is 0.438. The quantitative estimate of drug-likeness (QED) is 0.760. The van der Waals surface area contributed by atoms with Crippen LogP contribution in [0.5, 0.6) is 0 Å². The van der Waals surface area contributed by atoms with E-state index in [1.54, 1.807) is 6.20 Å². The Hall–Kier alpha value is -2.39. The first kappa shape index (κ1) is 13.3. The molecule has 6 nitrogen and oxygen atoms in total. The minimum atomic E-state index is -0.0845. The van der Waals surface area contributed by atoms with Gasteiger partial charge in [0, 0.05) is 23.5 Å². The number of aromatic nitrogens is 4. The van der Waals surface area contributed by atoms with Gasteiger partial charge in [-0.2, -0.15) is 5.26 Å². The van der Waals surface area contributed by atoms with Crippen molar-refractivity contribution in [2.75, 3.05) is 0 Å². The van der Waals surface area contributed by atoms with Crippen LogP contribution in [0, 0.1) is 17.2 Å². The van der Waals surface area contributed by atoms with E-state index >= 15 is 0 Å². The summed E-state index contributed by atoms with van der Waals surface area (Å²) in [5, 5.41) is 19.8. The van der Waals surface area contributed by atoms with Crippen LogP contribution in [0.2, 0.25) is 0 Å². The van der Waals surface area contributed by atoms with Crippen molar-refractivity contribution in [2.24, 2.45) is 5.92 Å². The van der Waals surface area contributed by atoms with Crippen LogP contribution >= 0.6 is 0 Å². The molecule has 0 saturated heterocycles. The summed E-state index contributed by atoms with van der Waals surface area (Å²) in [6.45, 7) is -0.0845. The van der Waals surface area contributed by atoms with E-state index in [9.17, 15) is 5.11 Å². The van der Waals surface area contributed by atoms with E-state index < -0.39 is 0 Å². The summed E-state index contributed by atoms with van der Waals surface area (Å²) in [6.07, 6.45) is 7.35. The van der Waals surface area contributed by atoms with Crippen LogP contribution in [0.4, 0.5) is 0 Å². The molecule has 1 aliphatic carbocycles. The minimum Gasteiger partial charge on any atom is -0.388 e. The Labute approximate surface area is 127 Å².